The van der Waals surface area contributed by atoms with Gasteiger partial charge in [-0.2, -0.15) is 0 Å². The van der Waals surface area contributed by atoms with E-state index in [0.717, 1.165) is 16.0 Å². The molecule has 0 spiro atoms. The fourth-order valence-corrected chi connectivity index (χ4v) is 3.05. The lowest BCUT2D eigenvalue weighted by Crippen LogP contribution is -2.36. The second-order valence-electron chi connectivity index (χ2n) is 5.53. The molecule has 6 heteroatoms. The molecule has 126 valence electrons. The molecule has 2 aromatic rings. The summed E-state index contributed by atoms with van der Waals surface area (Å²) < 4.78 is 0. The van der Waals surface area contributed by atoms with E-state index in [9.17, 15) is 14.4 Å². The third-order valence-corrected chi connectivity index (χ3v) is 4.97. The molecule has 0 aliphatic heterocycles. The fourth-order valence-electron chi connectivity index (χ4n) is 2.15. The number of carbonyl (C=O) groups excluding carboxylic acids is 3. The van der Waals surface area contributed by atoms with Gasteiger partial charge in [0.2, 0.25) is 0 Å². The molecule has 0 radical (unpaired) electrons. The van der Waals surface area contributed by atoms with Crippen LogP contribution in [0.3, 0.4) is 0 Å². The second-order valence-corrected chi connectivity index (χ2v) is 6.70. The maximum absolute atomic E-state index is 11.9. The molecule has 2 rings (SSSR count). The van der Waals surface area contributed by atoms with Crippen LogP contribution in [0.4, 0.5) is 5.69 Å². The van der Waals surface area contributed by atoms with Crippen LogP contribution < -0.4 is 10.6 Å². The number of hydrogen-bond acceptors (Lipinski definition) is 4. The zero-order valence-corrected chi connectivity index (χ0v) is 14.8. The highest BCUT2D eigenvalue weighted by molar-refractivity contribution is 7.14. The minimum absolute atomic E-state index is 0.0307. The summed E-state index contributed by atoms with van der Waals surface area (Å²) in [5.41, 5.74) is 2.63. The number of benzene rings is 1. The summed E-state index contributed by atoms with van der Waals surface area (Å²) in [6.45, 7) is 5.71. The Balaban J connectivity index is 1.84. The predicted octanol–water partition coefficient (Wildman–Crippen LogP) is 2.86. The van der Waals surface area contributed by atoms with Gasteiger partial charge in [0.1, 0.15) is 0 Å². The Kier molecular flexibility index (Phi) is 5.87. The molecule has 1 heterocycles. The molecule has 1 aromatic heterocycles. The summed E-state index contributed by atoms with van der Waals surface area (Å²) in [6.07, 6.45) is 0.584. The van der Waals surface area contributed by atoms with Crippen molar-refractivity contribution in [2.45, 2.75) is 27.2 Å². The van der Waals surface area contributed by atoms with Gasteiger partial charge in [0.15, 0.2) is 5.78 Å². The van der Waals surface area contributed by atoms with Crippen molar-refractivity contribution in [2.75, 3.05) is 11.9 Å². The van der Waals surface area contributed by atoms with Crippen LogP contribution in [0.15, 0.2) is 30.3 Å². The molecule has 24 heavy (non-hydrogen) atoms. The maximum Gasteiger partial charge on any atom is 0.313 e. The van der Waals surface area contributed by atoms with E-state index in [2.05, 4.69) is 10.6 Å². The molecule has 5 nitrogen and oxygen atoms in total. The van der Waals surface area contributed by atoms with Gasteiger partial charge in [0, 0.05) is 17.1 Å². The highest BCUT2D eigenvalue weighted by atomic mass is 32.1. The lowest BCUT2D eigenvalue weighted by Gasteiger charge is -2.10. The summed E-state index contributed by atoms with van der Waals surface area (Å²) in [4.78, 5) is 36.8. The first kappa shape index (κ1) is 17.9. The summed E-state index contributed by atoms with van der Waals surface area (Å²) in [6, 6.07) is 9.18. The highest BCUT2D eigenvalue weighted by Gasteiger charge is 2.14. The number of hydrogen-bond donors (Lipinski definition) is 2. The van der Waals surface area contributed by atoms with Crippen LogP contribution in [0.1, 0.15) is 32.6 Å². The molecular weight excluding hydrogens is 324 g/mol. The highest BCUT2D eigenvalue weighted by Crippen LogP contribution is 2.18. The molecule has 0 unspecified atom stereocenters. The molecule has 2 amide bonds. The van der Waals surface area contributed by atoms with E-state index in [0.29, 0.717) is 23.5 Å². The summed E-state index contributed by atoms with van der Waals surface area (Å²) in [5.74, 6) is -1.32. The van der Waals surface area contributed by atoms with Crippen LogP contribution >= 0.6 is 11.3 Å². The first-order valence-corrected chi connectivity index (χ1v) is 8.45. The zero-order valence-electron chi connectivity index (χ0n) is 13.9. The van der Waals surface area contributed by atoms with Crippen LogP contribution in [0.5, 0.6) is 0 Å². The first-order valence-electron chi connectivity index (χ1n) is 7.63. The Morgan fingerprint density at radius 2 is 1.79 bits per heavy atom. The SMILES string of the molecule is CC(=O)c1ccc(CCNC(=O)C(=O)Nc2cccc(C)c2C)s1. The number of amides is 2. The van der Waals surface area contributed by atoms with Crippen molar-refractivity contribution < 1.29 is 14.4 Å². The lowest BCUT2D eigenvalue weighted by atomic mass is 10.1. The summed E-state index contributed by atoms with van der Waals surface area (Å²) in [7, 11) is 0. The smallest absolute Gasteiger partial charge is 0.313 e. The van der Waals surface area contributed by atoms with Gasteiger partial charge in [-0.15, -0.1) is 11.3 Å². The van der Waals surface area contributed by atoms with Gasteiger partial charge < -0.3 is 10.6 Å². The van der Waals surface area contributed by atoms with Gasteiger partial charge in [0.05, 0.1) is 4.88 Å². The number of nitrogens with one attached hydrogen (secondary N) is 2. The lowest BCUT2D eigenvalue weighted by molar-refractivity contribution is -0.136. The minimum Gasteiger partial charge on any atom is -0.347 e. The van der Waals surface area contributed by atoms with Gasteiger partial charge in [-0.25, -0.2) is 0 Å². The Morgan fingerprint density at radius 1 is 1.04 bits per heavy atom. The Hall–Kier alpha value is -2.47. The minimum atomic E-state index is -0.681. The van der Waals surface area contributed by atoms with Gasteiger partial charge in [0.25, 0.3) is 0 Å². The van der Waals surface area contributed by atoms with Crippen LogP contribution in [0.2, 0.25) is 0 Å². The largest absolute Gasteiger partial charge is 0.347 e. The van der Waals surface area contributed by atoms with E-state index in [1.165, 1.54) is 18.3 Å². The van der Waals surface area contributed by atoms with Crippen molar-refractivity contribution >= 4 is 34.6 Å². The molecule has 0 atom stereocenters. The number of anilines is 1. The molecule has 0 saturated heterocycles. The molecular formula is C18H20N2O3S. The van der Waals surface area contributed by atoms with Crippen LogP contribution in [0.25, 0.3) is 0 Å². The number of carbonyl (C=O) groups is 3. The number of aryl methyl sites for hydroxylation is 1. The normalized spacial score (nSPS) is 10.3. The van der Waals surface area contributed by atoms with Crippen molar-refractivity contribution in [1.29, 1.82) is 0 Å². The van der Waals surface area contributed by atoms with Crippen LogP contribution in [-0.4, -0.2) is 24.1 Å². The summed E-state index contributed by atoms with van der Waals surface area (Å²) >= 11 is 1.41. The van der Waals surface area contributed by atoms with E-state index in [1.807, 2.05) is 32.0 Å². The molecule has 0 saturated carbocycles. The van der Waals surface area contributed by atoms with Crippen molar-refractivity contribution in [2.24, 2.45) is 0 Å². The molecule has 0 fully saturated rings. The van der Waals surface area contributed by atoms with E-state index in [-0.39, 0.29) is 5.78 Å². The average molecular weight is 344 g/mol. The van der Waals surface area contributed by atoms with Crippen molar-refractivity contribution in [3.8, 4) is 0 Å². The predicted molar refractivity (Wildman–Crippen MR) is 95.6 cm³/mol. The number of Topliss-reactive ketones (excluding diaryl/α,β-unsaturated/α-hetero) is 1. The van der Waals surface area contributed by atoms with Crippen molar-refractivity contribution in [3.63, 3.8) is 0 Å². The van der Waals surface area contributed by atoms with Gasteiger partial charge in [-0.3, -0.25) is 14.4 Å². The number of thiophene rings is 1. The van der Waals surface area contributed by atoms with E-state index >= 15 is 0 Å². The van der Waals surface area contributed by atoms with Crippen molar-refractivity contribution in [1.82, 2.24) is 5.32 Å². The van der Waals surface area contributed by atoms with Gasteiger partial charge in [-0.1, -0.05) is 12.1 Å². The second kappa shape index (κ2) is 7.88. The van der Waals surface area contributed by atoms with Gasteiger partial charge >= 0.3 is 11.8 Å². The first-order chi connectivity index (χ1) is 11.4. The standard InChI is InChI=1S/C18H20N2O3S/c1-11-5-4-6-15(12(11)2)20-18(23)17(22)19-10-9-14-7-8-16(24-14)13(3)21/h4-8H,9-10H2,1-3H3,(H,19,22)(H,20,23). The Bertz CT molecular complexity index is 780. The van der Waals surface area contributed by atoms with Crippen LogP contribution in [0, 0.1) is 13.8 Å². The molecule has 0 bridgehead atoms. The van der Waals surface area contributed by atoms with Gasteiger partial charge in [-0.05, 0) is 56.5 Å². The van der Waals surface area contributed by atoms with Crippen molar-refractivity contribution in [3.05, 3.63) is 51.2 Å². The Morgan fingerprint density at radius 3 is 2.46 bits per heavy atom. The molecule has 2 N–H and O–H groups in total. The third-order valence-electron chi connectivity index (χ3n) is 3.72. The molecule has 0 aliphatic rings. The maximum atomic E-state index is 11.9. The monoisotopic (exact) mass is 344 g/mol. The van der Waals surface area contributed by atoms with Crippen LogP contribution in [-0.2, 0) is 16.0 Å². The van der Waals surface area contributed by atoms with E-state index in [4.69, 9.17) is 0 Å². The zero-order chi connectivity index (χ0) is 17.7. The average Bonchev–Trinajstić information content (AvgIpc) is 3.01. The molecule has 0 aliphatic carbocycles. The summed E-state index contributed by atoms with van der Waals surface area (Å²) in [5, 5.41) is 5.22. The fraction of sp³-hybridized carbons (Fsp3) is 0.278. The third kappa shape index (κ3) is 4.52. The quantitative estimate of drug-likeness (QED) is 0.647. The topological polar surface area (TPSA) is 75.3 Å². The van der Waals surface area contributed by atoms with E-state index in [1.54, 1.807) is 12.1 Å². The number of rotatable bonds is 5. The number of ketones is 1. The Labute approximate surface area is 145 Å². The molecule has 1 aromatic carbocycles. The van der Waals surface area contributed by atoms with E-state index < -0.39 is 11.8 Å².